The SMILES string of the molecule is C#CCN(CC1CC1)C(=O)NCc1ccco1. The van der Waals surface area contributed by atoms with Crippen molar-refractivity contribution in [2.75, 3.05) is 13.1 Å². The molecule has 0 unspecified atom stereocenters. The maximum Gasteiger partial charge on any atom is 0.318 e. The highest BCUT2D eigenvalue weighted by molar-refractivity contribution is 5.74. The van der Waals surface area contributed by atoms with Crippen LogP contribution in [0.5, 0.6) is 0 Å². The maximum atomic E-state index is 11.9. The molecule has 1 aromatic heterocycles. The van der Waals surface area contributed by atoms with Gasteiger partial charge in [-0.15, -0.1) is 6.42 Å². The normalized spacial score (nSPS) is 14.1. The highest BCUT2D eigenvalue weighted by Gasteiger charge is 2.26. The Bertz CT molecular complexity index is 402. The smallest absolute Gasteiger partial charge is 0.318 e. The molecule has 2 amide bonds. The molecular formula is C13H16N2O2. The largest absolute Gasteiger partial charge is 0.467 e. The molecule has 17 heavy (non-hydrogen) atoms. The lowest BCUT2D eigenvalue weighted by molar-refractivity contribution is 0.200. The lowest BCUT2D eigenvalue weighted by Crippen LogP contribution is -2.41. The van der Waals surface area contributed by atoms with Crippen LogP contribution in [0.25, 0.3) is 0 Å². The molecule has 90 valence electrons. The van der Waals surface area contributed by atoms with Gasteiger partial charge >= 0.3 is 6.03 Å². The average molecular weight is 232 g/mol. The molecule has 0 saturated heterocycles. The van der Waals surface area contributed by atoms with Crippen molar-refractivity contribution in [3.63, 3.8) is 0 Å². The number of carbonyl (C=O) groups excluding carboxylic acids is 1. The first-order chi connectivity index (χ1) is 8.29. The number of amides is 2. The number of hydrogen-bond acceptors (Lipinski definition) is 2. The van der Waals surface area contributed by atoms with Crippen LogP contribution in [0.3, 0.4) is 0 Å². The third-order valence-electron chi connectivity index (χ3n) is 2.74. The van der Waals surface area contributed by atoms with Gasteiger partial charge in [0.2, 0.25) is 0 Å². The quantitative estimate of drug-likeness (QED) is 0.787. The van der Waals surface area contributed by atoms with Crippen LogP contribution < -0.4 is 5.32 Å². The first kappa shape index (κ1) is 11.6. The van der Waals surface area contributed by atoms with E-state index in [2.05, 4.69) is 11.2 Å². The van der Waals surface area contributed by atoms with E-state index in [0.717, 1.165) is 12.3 Å². The van der Waals surface area contributed by atoms with E-state index in [9.17, 15) is 4.79 Å². The van der Waals surface area contributed by atoms with Gasteiger partial charge in [0, 0.05) is 6.54 Å². The molecule has 0 radical (unpaired) electrons. The van der Waals surface area contributed by atoms with Crippen molar-refractivity contribution in [3.05, 3.63) is 24.2 Å². The van der Waals surface area contributed by atoms with Crippen molar-refractivity contribution >= 4 is 6.03 Å². The highest BCUT2D eigenvalue weighted by atomic mass is 16.3. The Hall–Kier alpha value is -1.89. The predicted molar refractivity (Wildman–Crippen MR) is 64.1 cm³/mol. The summed E-state index contributed by atoms with van der Waals surface area (Å²) in [6.07, 6.45) is 9.25. The molecule has 1 aromatic rings. The van der Waals surface area contributed by atoms with Crippen LogP contribution in [0.15, 0.2) is 22.8 Å². The molecule has 0 atom stereocenters. The molecule has 0 bridgehead atoms. The predicted octanol–water partition coefficient (Wildman–Crippen LogP) is 1.83. The number of carbonyl (C=O) groups is 1. The summed E-state index contributed by atoms with van der Waals surface area (Å²) in [6, 6.07) is 3.50. The molecule has 0 aromatic carbocycles. The molecule has 1 heterocycles. The van der Waals surface area contributed by atoms with Crippen molar-refractivity contribution in [1.29, 1.82) is 0 Å². The maximum absolute atomic E-state index is 11.9. The molecule has 2 rings (SSSR count). The van der Waals surface area contributed by atoms with E-state index in [-0.39, 0.29) is 6.03 Å². The van der Waals surface area contributed by atoms with Gasteiger partial charge < -0.3 is 14.6 Å². The fourth-order valence-corrected chi connectivity index (χ4v) is 1.63. The summed E-state index contributed by atoms with van der Waals surface area (Å²) in [5.41, 5.74) is 0. The number of rotatable bonds is 5. The monoisotopic (exact) mass is 232 g/mol. The third kappa shape index (κ3) is 3.56. The van der Waals surface area contributed by atoms with Gasteiger partial charge in [-0.3, -0.25) is 0 Å². The standard InChI is InChI=1S/C13H16N2O2/c1-2-7-15(10-11-5-6-11)13(16)14-9-12-4-3-8-17-12/h1,3-4,8,11H,5-7,9-10H2,(H,14,16). The van der Waals surface area contributed by atoms with Gasteiger partial charge in [-0.05, 0) is 30.9 Å². The number of terminal acetylenes is 1. The molecule has 1 aliphatic carbocycles. The van der Waals surface area contributed by atoms with Crippen LogP contribution in [0.1, 0.15) is 18.6 Å². The van der Waals surface area contributed by atoms with Gasteiger partial charge in [0.25, 0.3) is 0 Å². The van der Waals surface area contributed by atoms with E-state index in [0.29, 0.717) is 19.0 Å². The first-order valence-electron chi connectivity index (χ1n) is 5.78. The number of nitrogens with one attached hydrogen (secondary N) is 1. The van der Waals surface area contributed by atoms with Crippen LogP contribution in [-0.4, -0.2) is 24.0 Å². The van der Waals surface area contributed by atoms with Crippen LogP contribution in [-0.2, 0) is 6.54 Å². The van der Waals surface area contributed by atoms with Gasteiger partial charge in [-0.2, -0.15) is 0 Å². The Kier molecular flexibility index (Phi) is 3.71. The summed E-state index contributed by atoms with van der Waals surface area (Å²) in [5.74, 6) is 3.89. The van der Waals surface area contributed by atoms with E-state index in [1.54, 1.807) is 17.2 Å². The summed E-state index contributed by atoms with van der Waals surface area (Å²) in [4.78, 5) is 13.6. The van der Waals surface area contributed by atoms with Crippen LogP contribution in [0.4, 0.5) is 4.79 Å². The number of hydrogen-bond donors (Lipinski definition) is 1. The van der Waals surface area contributed by atoms with E-state index in [1.165, 1.54) is 12.8 Å². The van der Waals surface area contributed by atoms with E-state index < -0.39 is 0 Å². The molecule has 1 aliphatic rings. The molecule has 1 saturated carbocycles. The zero-order chi connectivity index (χ0) is 12.1. The summed E-state index contributed by atoms with van der Waals surface area (Å²) >= 11 is 0. The molecule has 0 aliphatic heterocycles. The Labute approximate surface area is 101 Å². The Morgan fingerprint density at radius 1 is 1.65 bits per heavy atom. The molecule has 0 spiro atoms. The third-order valence-corrected chi connectivity index (χ3v) is 2.74. The van der Waals surface area contributed by atoms with Gasteiger partial charge in [-0.25, -0.2) is 4.79 Å². The number of nitrogens with zero attached hydrogens (tertiary/aromatic N) is 1. The minimum Gasteiger partial charge on any atom is -0.467 e. The van der Waals surface area contributed by atoms with E-state index in [1.807, 2.05) is 6.07 Å². The van der Waals surface area contributed by atoms with Crippen LogP contribution in [0.2, 0.25) is 0 Å². The van der Waals surface area contributed by atoms with Crippen molar-refractivity contribution in [1.82, 2.24) is 10.2 Å². The molecule has 4 nitrogen and oxygen atoms in total. The Morgan fingerprint density at radius 2 is 2.47 bits per heavy atom. The summed E-state index contributed by atoms with van der Waals surface area (Å²) in [7, 11) is 0. The number of furan rings is 1. The fourth-order valence-electron chi connectivity index (χ4n) is 1.63. The van der Waals surface area contributed by atoms with Crippen molar-refractivity contribution < 1.29 is 9.21 Å². The van der Waals surface area contributed by atoms with Gasteiger partial charge in [0.05, 0.1) is 19.4 Å². The zero-order valence-corrected chi connectivity index (χ0v) is 9.69. The topological polar surface area (TPSA) is 45.5 Å². The average Bonchev–Trinajstić information content (AvgIpc) is 2.99. The van der Waals surface area contributed by atoms with Crippen LogP contribution in [0, 0.1) is 18.3 Å². The summed E-state index contributed by atoms with van der Waals surface area (Å²) < 4.78 is 5.14. The molecular weight excluding hydrogens is 216 g/mol. The minimum absolute atomic E-state index is 0.119. The Balaban J connectivity index is 1.80. The van der Waals surface area contributed by atoms with Crippen molar-refractivity contribution in [2.45, 2.75) is 19.4 Å². The van der Waals surface area contributed by atoms with Gasteiger partial charge in [0.1, 0.15) is 5.76 Å². The van der Waals surface area contributed by atoms with E-state index in [4.69, 9.17) is 10.8 Å². The van der Waals surface area contributed by atoms with Crippen molar-refractivity contribution in [3.8, 4) is 12.3 Å². The zero-order valence-electron chi connectivity index (χ0n) is 9.69. The molecule has 1 fully saturated rings. The second-order valence-electron chi connectivity index (χ2n) is 4.27. The lowest BCUT2D eigenvalue weighted by atomic mass is 10.3. The second kappa shape index (κ2) is 5.44. The first-order valence-corrected chi connectivity index (χ1v) is 5.78. The Morgan fingerprint density at radius 3 is 3.06 bits per heavy atom. The second-order valence-corrected chi connectivity index (χ2v) is 4.27. The highest BCUT2D eigenvalue weighted by Crippen LogP contribution is 2.29. The van der Waals surface area contributed by atoms with E-state index >= 15 is 0 Å². The van der Waals surface area contributed by atoms with Crippen molar-refractivity contribution in [2.24, 2.45) is 5.92 Å². The summed E-state index contributed by atoms with van der Waals surface area (Å²) in [6.45, 7) is 1.52. The fraction of sp³-hybridized carbons (Fsp3) is 0.462. The van der Waals surface area contributed by atoms with Gasteiger partial charge in [0.15, 0.2) is 0 Å². The van der Waals surface area contributed by atoms with Crippen LogP contribution >= 0.6 is 0 Å². The summed E-state index contributed by atoms with van der Waals surface area (Å²) in [5, 5.41) is 2.80. The number of urea groups is 1. The molecule has 1 N–H and O–H groups in total. The lowest BCUT2D eigenvalue weighted by Gasteiger charge is -2.20. The molecule has 4 heteroatoms. The van der Waals surface area contributed by atoms with Gasteiger partial charge in [-0.1, -0.05) is 5.92 Å². The minimum atomic E-state index is -0.119.